The number of rotatable bonds is 1. The second-order valence-electron chi connectivity index (χ2n) is 4.57. The molecule has 1 aliphatic rings. The van der Waals surface area contributed by atoms with Gasteiger partial charge in [0.2, 0.25) is 0 Å². The van der Waals surface area contributed by atoms with Crippen LogP contribution in [0.2, 0.25) is 0 Å². The molecule has 19 heavy (non-hydrogen) atoms. The third kappa shape index (κ3) is 2.98. The number of fused-ring (bicyclic) bond motifs is 1. The summed E-state index contributed by atoms with van der Waals surface area (Å²) in [7, 11) is 1.51. The van der Waals surface area contributed by atoms with E-state index in [1.54, 1.807) is 0 Å². The molecule has 96 valence electrons. The van der Waals surface area contributed by atoms with Gasteiger partial charge >= 0.3 is 0 Å². The minimum absolute atomic E-state index is 1.05. The molecule has 0 unspecified atom stereocenters. The van der Waals surface area contributed by atoms with Crippen molar-refractivity contribution in [3.8, 4) is 22.4 Å². The van der Waals surface area contributed by atoms with Crippen molar-refractivity contribution in [2.45, 2.75) is 25.8 Å². The molecule has 0 fully saturated rings. The van der Waals surface area contributed by atoms with Gasteiger partial charge in [-0.2, -0.15) is 0 Å². The molecular weight excluding hydrogens is 367 g/mol. The average Bonchev–Trinajstić information content (AvgIpc) is 2.89. The van der Waals surface area contributed by atoms with E-state index in [-0.39, 0.29) is 0 Å². The second-order valence-corrected chi connectivity index (χ2v) is 6.25. The van der Waals surface area contributed by atoms with Crippen LogP contribution in [-0.4, -0.2) is 9.55 Å². The molecule has 1 aromatic heterocycles. The Morgan fingerprint density at radius 1 is 1.21 bits per heavy atom. The SMILES string of the molecule is ISC#Cc1ccc(-c2cn3c(n2)CCCC3)cc1. The quantitative estimate of drug-likeness (QED) is 0.543. The maximum absolute atomic E-state index is 4.73. The highest BCUT2D eigenvalue weighted by molar-refractivity contribution is 14.2. The van der Waals surface area contributed by atoms with Gasteiger partial charge in [0.1, 0.15) is 5.82 Å². The smallest absolute Gasteiger partial charge is 0.109 e. The number of aryl methyl sites for hydroxylation is 2. The molecule has 0 radical (unpaired) electrons. The lowest BCUT2D eigenvalue weighted by molar-refractivity contribution is 0.522. The maximum atomic E-state index is 4.73. The number of halogens is 1. The summed E-state index contributed by atoms with van der Waals surface area (Å²) < 4.78 is 2.29. The minimum atomic E-state index is 1.05. The number of nitrogens with zero attached hydrogens (tertiary/aromatic N) is 2. The molecule has 1 aliphatic heterocycles. The molecule has 0 spiro atoms. The number of aromatic nitrogens is 2. The van der Waals surface area contributed by atoms with Crippen LogP contribution in [0.15, 0.2) is 30.5 Å². The summed E-state index contributed by atoms with van der Waals surface area (Å²) in [6, 6.07) is 8.34. The zero-order valence-corrected chi connectivity index (χ0v) is 13.4. The van der Waals surface area contributed by atoms with Gasteiger partial charge in [-0.1, -0.05) is 18.1 Å². The van der Waals surface area contributed by atoms with E-state index in [1.807, 2.05) is 0 Å². The highest BCUT2D eigenvalue weighted by Crippen LogP contribution is 2.22. The Labute approximate surface area is 129 Å². The van der Waals surface area contributed by atoms with Gasteiger partial charge in [0.05, 0.1) is 5.69 Å². The van der Waals surface area contributed by atoms with Crippen molar-refractivity contribution in [3.05, 3.63) is 41.9 Å². The molecule has 0 saturated heterocycles. The lowest BCUT2D eigenvalue weighted by atomic mass is 10.1. The number of hydrogen-bond acceptors (Lipinski definition) is 2. The number of hydrogen-bond donors (Lipinski definition) is 0. The van der Waals surface area contributed by atoms with Gasteiger partial charge in [-0.3, -0.25) is 0 Å². The van der Waals surface area contributed by atoms with Gasteiger partial charge < -0.3 is 4.57 Å². The minimum Gasteiger partial charge on any atom is -0.334 e. The van der Waals surface area contributed by atoms with E-state index in [0.717, 1.165) is 24.2 Å². The molecule has 1 aromatic carbocycles. The van der Waals surface area contributed by atoms with E-state index < -0.39 is 0 Å². The first-order valence-corrected chi connectivity index (χ1v) is 9.68. The normalized spacial score (nSPS) is 13.5. The van der Waals surface area contributed by atoms with E-state index in [0.29, 0.717) is 0 Å². The van der Waals surface area contributed by atoms with Gasteiger partial charge in [-0.05, 0) is 39.2 Å². The van der Waals surface area contributed by atoms with Crippen molar-refractivity contribution < 1.29 is 0 Å². The molecule has 3 rings (SSSR count). The van der Waals surface area contributed by atoms with Crippen molar-refractivity contribution >= 4 is 30.1 Å². The van der Waals surface area contributed by atoms with Crippen LogP contribution in [0.1, 0.15) is 24.2 Å². The largest absolute Gasteiger partial charge is 0.334 e. The standard InChI is InChI=1S/C15H13IN2S/c16-19-10-8-12-4-6-13(7-5-12)14-11-18-9-2-1-3-15(18)17-14/h4-7,11H,1-3,9H2. The summed E-state index contributed by atoms with van der Waals surface area (Å²) in [5, 5.41) is 3.00. The third-order valence-electron chi connectivity index (χ3n) is 3.32. The van der Waals surface area contributed by atoms with Crippen LogP contribution in [0, 0.1) is 11.2 Å². The Morgan fingerprint density at radius 2 is 2.05 bits per heavy atom. The van der Waals surface area contributed by atoms with Crippen LogP contribution >= 0.6 is 30.1 Å². The molecular formula is C15H13IN2S. The highest BCUT2D eigenvalue weighted by atomic mass is 127. The number of imidazole rings is 1. The van der Waals surface area contributed by atoms with Crippen molar-refractivity contribution in [1.29, 1.82) is 0 Å². The summed E-state index contributed by atoms with van der Waals surface area (Å²) in [4.78, 5) is 4.73. The number of benzene rings is 1. The van der Waals surface area contributed by atoms with Crippen molar-refractivity contribution in [2.24, 2.45) is 0 Å². The van der Waals surface area contributed by atoms with E-state index in [2.05, 4.69) is 67.4 Å². The van der Waals surface area contributed by atoms with Crippen LogP contribution < -0.4 is 0 Å². The second kappa shape index (κ2) is 6.02. The first-order valence-electron chi connectivity index (χ1n) is 6.32. The maximum Gasteiger partial charge on any atom is 0.109 e. The monoisotopic (exact) mass is 380 g/mol. The van der Waals surface area contributed by atoms with Gasteiger partial charge in [0.25, 0.3) is 0 Å². The Balaban J connectivity index is 1.87. The van der Waals surface area contributed by atoms with E-state index in [1.165, 1.54) is 33.2 Å². The first kappa shape index (κ1) is 13.1. The van der Waals surface area contributed by atoms with Crippen molar-refractivity contribution in [3.63, 3.8) is 0 Å². The molecule has 0 bridgehead atoms. The molecule has 0 saturated carbocycles. The fourth-order valence-electron chi connectivity index (χ4n) is 2.35. The molecule has 0 N–H and O–H groups in total. The summed E-state index contributed by atoms with van der Waals surface area (Å²) >= 11 is 2.18. The Bertz CT molecular complexity index is 611. The van der Waals surface area contributed by atoms with E-state index in [9.17, 15) is 0 Å². The van der Waals surface area contributed by atoms with Crippen molar-refractivity contribution in [2.75, 3.05) is 0 Å². The molecule has 2 aromatic rings. The molecule has 0 atom stereocenters. The van der Waals surface area contributed by atoms with Crippen LogP contribution in [0.5, 0.6) is 0 Å². The fraction of sp³-hybridized carbons (Fsp3) is 0.267. The van der Waals surface area contributed by atoms with Crippen LogP contribution in [0.3, 0.4) is 0 Å². The van der Waals surface area contributed by atoms with E-state index in [4.69, 9.17) is 4.98 Å². The Morgan fingerprint density at radius 3 is 2.79 bits per heavy atom. The Hall–Kier alpha value is -0.930. The van der Waals surface area contributed by atoms with Gasteiger partial charge in [0, 0.05) is 51.5 Å². The predicted molar refractivity (Wildman–Crippen MR) is 89.1 cm³/mol. The summed E-state index contributed by atoms with van der Waals surface area (Å²) in [6.07, 6.45) is 5.82. The van der Waals surface area contributed by atoms with Gasteiger partial charge in [-0.25, -0.2) is 4.98 Å². The van der Waals surface area contributed by atoms with Gasteiger partial charge in [-0.15, -0.1) is 0 Å². The van der Waals surface area contributed by atoms with Gasteiger partial charge in [0.15, 0.2) is 0 Å². The zero-order valence-electron chi connectivity index (χ0n) is 10.4. The lowest BCUT2D eigenvalue weighted by Crippen LogP contribution is -2.08. The van der Waals surface area contributed by atoms with Crippen LogP contribution in [0.4, 0.5) is 0 Å². The molecule has 2 heterocycles. The Kier molecular flexibility index (Phi) is 4.14. The summed E-state index contributed by atoms with van der Waals surface area (Å²) in [5.41, 5.74) is 3.31. The molecule has 2 nitrogen and oxygen atoms in total. The van der Waals surface area contributed by atoms with E-state index >= 15 is 0 Å². The zero-order chi connectivity index (χ0) is 13.1. The van der Waals surface area contributed by atoms with Crippen LogP contribution in [-0.2, 0) is 13.0 Å². The summed E-state index contributed by atoms with van der Waals surface area (Å²) in [5.74, 6) is 4.33. The lowest BCUT2D eigenvalue weighted by Gasteiger charge is -2.11. The topological polar surface area (TPSA) is 17.8 Å². The van der Waals surface area contributed by atoms with Crippen LogP contribution in [0.25, 0.3) is 11.3 Å². The predicted octanol–water partition coefficient (Wildman–Crippen LogP) is 4.28. The van der Waals surface area contributed by atoms with Crippen molar-refractivity contribution in [1.82, 2.24) is 9.55 Å². The first-order chi connectivity index (χ1) is 9.36. The molecule has 0 amide bonds. The molecule has 4 heteroatoms. The third-order valence-corrected chi connectivity index (χ3v) is 4.16. The highest BCUT2D eigenvalue weighted by Gasteiger charge is 2.12. The fourth-order valence-corrected chi connectivity index (χ4v) is 2.84. The summed E-state index contributed by atoms with van der Waals surface area (Å²) in [6.45, 7) is 1.11. The average molecular weight is 380 g/mol. The molecule has 0 aliphatic carbocycles.